The van der Waals surface area contributed by atoms with Gasteiger partial charge in [-0.25, -0.2) is 4.79 Å². The zero-order chi connectivity index (χ0) is 11.4. The number of carbonyl (C=O) groups excluding carboxylic acids is 2. The van der Waals surface area contributed by atoms with Gasteiger partial charge in [0, 0.05) is 13.1 Å². The molecule has 0 saturated carbocycles. The average molecular weight is 212 g/mol. The van der Waals surface area contributed by atoms with Crippen molar-refractivity contribution in [1.29, 1.82) is 5.41 Å². The first-order valence-electron chi connectivity index (χ1n) is 5.02. The van der Waals surface area contributed by atoms with Crippen LogP contribution in [-0.2, 0) is 4.79 Å². The van der Waals surface area contributed by atoms with E-state index in [0.29, 0.717) is 13.1 Å². The second-order valence-corrected chi connectivity index (χ2v) is 3.33. The van der Waals surface area contributed by atoms with Crippen molar-refractivity contribution < 1.29 is 9.59 Å². The fourth-order valence-corrected chi connectivity index (χ4v) is 1.51. The summed E-state index contributed by atoms with van der Waals surface area (Å²) in [5.74, 6) is 0.0271. The van der Waals surface area contributed by atoms with E-state index in [-0.39, 0.29) is 18.2 Å². The largest absolute Gasteiger partial charge is 0.343 e. The van der Waals surface area contributed by atoms with Crippen molar-refractivity contribution in [3.05, 3.63) is 0 Å². The lowest BCUT2D eigenvalue weighted by Gasteiger charge is -2.20. The highest BCUT2D eigenvalue weighted by Gasteiger charge is 2.29. The number of hydrogen-bond acceptors (Lipinski definition) is 3. The van der Waals surface area contributed by atoms with Crippen molar-refractivity contribution in [2.45, 2.75) is 26.3 Å². The van der Waals surface area contributed by atoms with Crippen LogP contribution in [0.5, 0.6) is 0 Å². The van der Waals surface area contributed by atoms with Crippen LogP contribution in [-0.4, -0.2) is 41.8 Å². The lowest BCUT2D eigenvalue weighted by molar-refractivity contribution is -0.130. The van der Waals surface area contributed by atoms with E-state index in [2.05, 4.69) is 10.6 Å². The number of nitrogens with one attached hydrogen (secondary N) is 3. The molecule has 3 amide bonds. The van der Waals surface area contributed by atoms with E-state index < -0.39 is 12.1 Å². The molecule has 1 atom stereocenters. The summed E-state index contributed by atoms with van der Waals surface area (Å²) in [4.78, 5) is 24.2. The molecule has 84 valence electrons. The van der Waals surface area contributed by atoms with Crippen LogP contribution in [0.1, 0.15) is 20.3 Å². The summed E-state index contributed by atoms with van der Waals surface area (Å²) in [6, 6.07) is -0.900. The van der Waals surface area contributed by atoms with E-state index in [1.807, 2.05) is 13.8 Å². The van der Waals surface area contributed by atoms with Crippen molar-refractivity contribution >= 4 is 17.8 Å². The molecule has 1 saturated heterocycles. The summed E-state index contributed by atoms with van der Waals surface area (Å²) in [6.45, 7) is 5.10. The first kappa shape index (κ1) is 11.5. The quantitative estimate of drug-likeness (QED) is 0.608. The van der Waals surface area contributed by atoms with Gasteiger partial charge in [-0.3, -0.25) is 15.5 Å². The number of hydrogen-bond donors (Lipinski definition) is 3. The van der Waals surface area contributed by atoms with E-state index >= 15 is 0 Å². The molecule has 6 heteroatoms. The van der Waals surface area contributed by atoms with Crippen molar-refractivity contribution in [1.82, 2.24) is 15.5 Å². The standard InChI is InChI=1S/C9H16N4O2/c1-3-13(4-2)7(14)5-6-8(10)12-9(15)11-6/h6H,3-5H2,1-2H3,(H3,10,11,12,15). The van der Waals surface area contributed by atoms with E-state index in [9.17, 15) is 9.59 Å². The molecule has 15 heavy (non-hydrogen) atoms. The average Bonchev–Trinajstić information content (AvgIpc) is 2.47. The van der Waals surface area contributed by atoms with Crippen LogP contribution in [0, 0.1) is 5.41 Å². The zero-order valence-electron chi connectivity index (χ0n) is 8.96. The minimum Gasteiger partial charge on any atom is -0.343 e. The van der Waals surface area contributed by atoms with Gasteiger partial charge in [0.05, 0.1) is 12.5 Å². The summed E-state index contributed by atoms with van der Waals surface area (Å²) in [5.41, 5.74) is 0. The van der Waals surface area contributed by atoms with Crippen molar-refractivity contribution in [2.75, 3.05) is 13.1 Å². The summed E-state index contributed by atoms with van der Waals surface area (Å²) >= 11 is 0. The molecule has 0 bridgehead atoms. The van der Waals surface area contributed by atoms with Crippen LogP contribution in [0.3, 0.4) is 0 Å². The van der Waals surface area contributed by atoms with Gasteiger partial charge in [0.1, 0.15) is 5.84 Å². The Labute approximate surface area is 88.5 Å². The monoisotopic (exact) mass is 212 g/mol. The maximum absolute atomic E-state index is 11.7. The predicted molar refractivity (Wildman–Crippen MR) is 55.7 cm³/mol. The SMILES string of the molecule is CCN(CC)C(=O)CC1NC(=O)NC1=N. The number of carbonyl (C=O) groups is 2. The summed E-state index contributed by atoms with van der Waals surface area (Å²) in [6.07, 6.45) is 0.152. The normalized spacial score (nSPS) is 19.7. The molecule has 0 spiro atoms. The van der Waals surface area contributed by atoms with Gasteiger partial charge in [0.25, 0.3) is 0 Å². The number of amides is 3. The van der Waals surface area contributed by atoms with E-state index in [4.69, 9.17) is 5.41 Å². The van der Waals surface area contributed by atoms with Crippen LogP contribution in [0.2, 0.25) is 0 Å². The topological polar surface area (TPSA) is 85.3 Å². The fraction of sp³-hybridized carbons (Fsp3) is 0.667. The molecule has 1 aliphatic rings. The van der Waals surface area contributed by atoms with Gasteiger partial charge in [-0.1, -0.05) is 0 Å². The van der Waals surface area contributed by atoms with Crippen molar-refractivity contribution in [3.8, 4) is 0 Å². The predicted octanol–water partition coefficient (Wildman–Crippen LogP) is -0.0964. The number of rotatable bonds is 4. The molecule has 1 heterocycles. The van der Waals surface area contributed by atoms with Crippen LogP contribution in [0.25, 0.3) is 0 Å². The minimum absolute atomic E-state index is 0.0428. The molecular weight excluding hydrogens is 196 g/mol. The highest BCUT2D eigenvalue weighted by Crippen LogP contribution is 2.03. The van der Waals surface area contributed by atoms with Gasteiger partial charge in [0.15, 0.2) is 0 Å². The molecule has 0 radical (unpaired) electrons. The van der Waals surface area contributed by atoms with Gasteiger partial charge in [-0.05, 0) is 13.8 Å². The molecule has 3 N–H and O–H groups in total. The summed E-state index contributed by atoms with van der Waals surface area (Å²) < 4.78 is 0. The lowest BCUT2D eigenvalue weighted by Crippen LogP contribution is -2.38. The molecule has 1 aliphatic heterocycles. The van der Waals surface area contributed by atoms with E-state index in [1.165, 1.54) is 0 Å². The summed E-state index contributed by atoms with van der Waals surface area (Å²) in [7, 11) is 0. The minimum atomic E-state index is -0.495. The lowest BCUT2D eigenvalue weighted by atomic mass is 10.2. The smallest absolute Gasteiger partial charge is 0.320 e. The molecule has 0 aliphatic carbocycles. The Kier molecular flexibility index (Phi) is 3.65. The Morgan fingerprint density at radius 2 is 2.07 bits per heavy atom. The third-order valence-corrected chi connectivity index (χ3v) is 2.40. The van der Waals surface area contributed by atoms with Gasteiger partial charge in [0.2, 0.25) is 5.91 Å². The van der Waals surface area contributed by atoms with Crippen LogP contribution in [0.15, 0.2) is 0 Å². The zero-order valence-corrected chi connectivity index (χ0v) is 8.96. The molecule has 1 fully saturated rings. The second-order valence-electron chi connectivity index (χ2n) is 3.33. The first-order valence-corrected chi connectivity index (χ1v) is 5.02. The summed E-state index contributed by atoms with van der Waals surface area (Å²) in [5, 5.41) is 12.2. The van der Waals surface area contributed by atoms with Gasteiger partial charge >= 0.3 is 6.03 Å². The third-order valence-electron chi connectivity index (χ3n) is 2.40. The van der Waals surface area contributed by atoms with Gasteiger partial charge in [-0.2, -0.15) is 0 Å². The Hall–Kier alpha value is -1.59. The van der Waals surface area contributed by atoms with Crippen LogP contribution < -0.4 is 10.6 Å². The maximum atomic E-state index is 11.7. The molecule has 0 aromatic rings. The number of amidine groups is 1. The van der Waals surface area contributed by atoms with E-state index in [1.54, 1.807) is 4.90 Å². The van der Waals surface area contributed by atoms with Gasteiger partial charge in [-0.15, -0.1) is 0 Å². The Morgan fingerprint density at radius 3 is 2.47 bits per heavy atom. The van der Waals surface area contributed by atoms with Crippen molar-refractivity contribution in [3.63, 3.8) is 0 Å². The van der Waals surface area contributed by atoms with Crippen LogP contribution in [0.4, 0.5) is 4.79 Å². The first-order chi connectivity index (χ1) is 7.08. The van der Waals surface area contributed by atoms with Crippen LogP contribution >= 0.6 is 0 Å². The Bertz CT molecular complexity index is 286. The van der Waals surface area contributed by atoms with Gasteiger partial charge < -0.3 is 10.2 Å². The molecule has 0 aromatic heterocycles. The highest BCUT2D eigenvalue weighted by molar-refractivity contribution is 6.07. The van der Waals surface area contributed by atoms with E-state index in [0.717, 1.165) is 0 Å². The maximum Gasteiger partial charge on any atom is 0.320 e. The molecule has 1 unspecified atom stereocenters. The highest BCUT2D eigenvalue weighted by atomic mass is 16.2. The molecular formula is C9H16N4O2. The Morgan fingerprint density at radius 1 is 1.47 bits per heavy atom. The molecule has 0 aromatic carbocycles. The molecule has 6 nitrogen and oxygen atoms in total. The third kappa shape index (κ3) is 2.68. The Balaban J connectivity index is 2.51. The molecule has 1 rings (SSSR count). The number of nitrogens with zero attached hydrogens (tertiary/aromatic N) is 1. The second kappa shape index (κ2) is 4.77. The fourth-order valence-electron chi connectivity index (χ4n) is 1.51. The van der Waals surface area contributed by atoms with Crippen molar-refractivity contribution in [2.24, 2.45) is 0 Å². The number of urea groups is 1.